The molecule has 0 aliphatic carbocycles. The monoisotopic (exact) mass is 260 g/mol. The van der Waals surface area contributed by atoms with E-state index in [2.05, 4.69) is 0 Å². The summed E-state index contributed by atoms with van der Waals surface area (Å²) in [5.74, 6) is 2.18. The Bertz CT molecular complexity index is 525. The lowest BCUT2D eigenvalue weighted by molar-refractivity contribution is 0.211. The van der Waals surface area contributed by atoms with Gasteiger partial charge in [0.25, 0.3) is 0 Å². The Balaban J connectivity index is 1.81. The molecule has 0 spiro atoms. The quantitative estimate of drug-likeness (QED) is 0.811. The molecule has 0 unspecified atom stereocenters. The van der Waals surface area contributed by atoms with Gasteiger partial charge >= 0.3 is 0 Å². The van der Waals surface area contributed by atoms with E-state index in [4.69, 9.17) is 14.2 Å². The lowest BCUT2D eigenvalue weighted by atomic mass is 10.3. The normalized spacial score (nSPS) is 9.95. The molecule has 4 heteroatoms. The minimum atomic E-state index is 0.183. The highest BCUT2D eigenvalue weighted by molar-refractivity contribution is 5.39. The largest absolute Gasteiger partial charge is 0.508 e. The van der Waals surface area contributed by atoms with Gasteiger partial charge in [-0.1, -0.05) is 18.2 Å². The van der Waals surface area contributed by atoms with Gasteiger partial charge in [-0.3, -0.25) is 0 Å². The Kier molecular flexibility index (Phi) is 4.50. The van der Waals surface area contributed by atoms with Gasteiger partial charge in [0.1, 0.15) is 24.7 Å². The smallest absolute Gasteiger partial charge is 0.161 e. The van der Waals surface area contributed by atoms with Gasteiger partial charge in [-0.05, 0) is 24.3 Å². The van der Waals surface area contributed by atoms with Gasteiger partial charge in [-0.2, -0.15) is 0 Å². The zero-order chi connectivity index (χ0) is 13.5. The third kappa shape index (κ3) is 3.81. The summed E-state index contributed by atoms with van der Waals surface area (Å²) in [5.41, 5.74) is 0. The second kappa shape index (κ2) is 6.54. The zero-order valence-electron chi connectivity index (χ0n) is 10.7. The maximum atomic E-state index is 9.29. The van der Waals surface area contributed by atoms with E-state index in [0.29, 0.717) is 30.5 Å². The average molecular weight is 260 g/mol. The SMILES string of the molecule is COc1ccccc1OCCOc1cccc(O)c1. The number of rotatable bonds is 6. The number of benzene rings is 2. The molecule has 0 aromatic heterocycles. The van der Waals surface area contributed by atoms with Crippen molar-refractivity contribution in [2.24, 2.45) is 0 Å². The van der Waals surface area contributed by atoms with Gasteiger partial charge in [0, 0.05) is 6.07 Å². The maximum Gasteiger partial charge on any atom is 0.161 e. The van der Waals surface area contributed by atoms with Crippen LogP contribution >= 0.6 is 0 Å². The molecular formula is C15H16O4. The van der Waals surface area contributed by atoms with Crippen LogP contribution in [0.3, 0.4) is 0 Å². The lowest BCUT2D eigenvalue weighted by Gasteiger charge is -2.11. The molecule has 0 atom stereocenters. The van der Waals surface area contributed by atoms with Crippen LogP contribution < -0.4 is 14.2 Å². The van der Waals surface area contributed by atoms with Crippen molar-refractivity contribution >= 4 is 0 Å². The topological polar surface area (TPSA) is 47.9 Å². The summed E-state index contributed by atoms with van der Waals surface area (Å²) < 4.78 is 16.2. The van der Waals surface area contributed by atoms with E-state index in [1.165, 1.54) is 0 Å². The van der Waals surface area contributed by atoms with E-state index >= 15 is 0 Å². The highest BCUT2D eigenvalue weighted by Gasteiger charge is 2.02. The third-order valence-electron chi connectivity index (χ3n) is 2.50. The van der Waals surface area contributed by atoms with Gasteiger partial charge in [-0.15, -0.1) is 0 Å². The number of para-hydroxylation sites is 2. The van der Waals surface area contributed by atoms with Crippen LogP contribution in [0.4, 0.5) is 0 Å². The Morgan fingerprint density at radius 3 is 2.37 bits per heavy atom. The van der Waals surface area contributed by atoms with E-state index < -0.39 is 0 Å². The van der Waals surface area contributed by atoms with Gasteiger partial charge in [0.15, 0.2) is 11.5 Å². The number of aromatic hydroxyl groups is 1. The predicted octanol–water partition coefficient (Wildman–Crippen LogP) is 2.86. The molecule has 2 aromatic rings. The predicted molar refractivity (Wildman–Crippen MR) is 72.1 cm³/mol. The molecule has 0 aliphatic rings. The van der Waals surface area contributed by atoms with Crippen molar-refractivity contribution < 1.29 is 19.3 Å². The van der Waals surface area contributed by atoms with Crippen molar-refractivity contribution in [1.82, 2.24) is 0 Å². The lowest BCUT2D eigenvalue weighted by Crippen LogP contribution is -2.09. The van der Waals surface area contributed by atoms with Crippen LogP contribution in [0.1, 0.15) is 0 Å². The highest BCUT2D eigenvalue weighted by Crippen LogP contribution is 2.25. The minimum Gasteiger partial charge on any atom is -0.508 e. The molecule has 0 fully saturated rings. The number of phenolic OH excluding ortho intramolecular Hbond substituents is 1. The van der Waals surface area contributed by atoms with Crippen molar-refractivity contribution in [3.8, 4) is 23.0 Å². The summed E-state index contributed by atoms with van der Waals surface area (Å²) in [6.45, 7) is 0.789. The molecule has 2 aromatic carbocycles. The molecule has 0 heterocycles. The number of methoxy groups -OCH3 is 1. The number of phenols is 1. The van der Waals surface area contributed by atoms with Crippen LogP contribution in [0.15, 0.2) is 48.5 Å². The zero-order valence-corrected chi connectivity index (χ0v) is 10.7. The number of hydrogen-bond acceptors (Lipinski definition) is 4. The van der Waals surface area contributed by atoms with Crippen LogP contribution in [0.5, 0.6) is 23.0 Å². The second-order valence-electron chi connectivity index (χ2n) is 3.85. The van der Waals surface area contributed by atoms with E-state index in [9.17, 15) is 5.11 Å². The van der Waals surface area contributed by atoms with E-state index in [1.54, 1.807) is 31.4 Å². The first-order valence-corrected chi connectivity index (χ1v) is 5.97. The molecule has 4 nitrogen and oxygen atoms in total. The summed E-state index contributed by atoms with van der Waals surface area (Å²) in [7, 11) is 1.60. The molecule has 0 bridgehead atoms. The summed E-state index contributed by atoms with van der Waals surface area (Å²) in [4.78, 5) is 0. The van der Waals surface area contributed by atoms with Crippen LogP contribution in [0.25, 0.3) is 0 Å². The molecule has 0 saturated carbocycles. The number of ether oxygens (including phenoxy) is 3. The second-order valence-corrected chi connectivity index (χ2v) is 3.85. The van der Waals surface area contributed by atoms with Gasteiger partial charge in [0.2, 0.25) is 0 Å². The van der Waals surface area contributed by atoms with Crippen molar-refractivity contribution in [1.29, 1.82) is 0 Å². The van der Waals surface area contributed by atoms with Crippen LogP contribution in [0, 0.1) is 0 Å². The Hall–Kier alpha value is -2.36. The minimum absolute atomic E-state index is 0.183. The van der Waals surface area contributed by atoms with E-state index in [0.717, 1.165) is 0 Å². The van der Waals surface area contributed by atoms with Crippen LogP contribution in [-0.4, -0.2) is 25.4 Å². The Morgan fingerprint density at radius 2 is 1.63 bits per heavy atom. The molecule has 19 heavy (non-hydrogen) atoms. The fourth-order valence-corrected chi connectivity index (χ4v) is 1.62. The van der Waals surface area contributed by atoms with Crippen LogP contribution in [-0.2, 0) is 0 Å². The molecule has 0 saturated heterocycles. The molecule has 0 radical (unpaired) electrons. The maximum absolute atomic E-state index is 9.29. The first-order valence-electron chi connectivity index (χ1n) is 5.97. The van der Waals surface area contributed by atoms with E-state index in [1.807, 2.05) is 24.3 Å². The van der Waals surface area contributed by atoms with Crippen molar-refractivity contribution in [3.63, 3.8) is 0 Å². The third-order valence-corrected chi connectivity index (χ3v) is 2.50. The first-order chi connectivity index (χ1) is 9.29. The average Bonchev–Trinajstić information content (AvgIpc) is 2.44. The standard InChI is InChI=1S/C15H16O4/c1-17-14-7-2-3-8-15(14)19-10-9-18-13-6-4-5-12(16)11-13/h2-8,11,16H,9-10H2,1H3. The molecule has 100 valence electrons. The Labute approximate surface area is 112 Å². The van der Waals surface area contributed by atoms with Crippen LogP contribution in [0.2, 0.25) is 0 Å². The molecule has 0 aliphatic heterocycles. The highest BCUT2D eigenvalue weighted by atomic mass is 16.5. The Morgan fingerprint density at radius 1 is 0.895 bits per heavy atom. The van der Waals surface area contributed by atoms with Gasteiger partial charge in [-0.25, -0.2) is 0 Å². The molecule has 0 amide bonds. The first kappa shape index (κ1) is 13.1. The molecular weight excluding hydrogens is 244 g/mol. The van der Waals surface area contributed by atoms with Gasteiger partial charge in [0.05, 0.1) is 7.11 Å². The summed E-state index contributed by atoms with van der Waals surface area (Å²) in [5, 5.41) is 9.29. The van der Waals surface area contributed by atoms with E-state index in [-0.39, 0.29) is 5.75 Å². The van der Waals surface area contributed by atoms with Gasteiger partial charge < -0.3 is 19.3 Å². The fourth-order valence-electron chi connectivity index (χ4n) is 1.62. The summed E-state index contributed by atoms with van der Waals surface area (Å²) >= 11 is 0. The van der Waals surface area contributed by atoms with Crippen molar-refractivity contribution in [2.45, 2.75) is 0 Å². The molecule has 1 N–H and O–H groups in total. The van der Waals surface area contributed by atoms with Crippen molar-refractivity contribution in [2.75, 3.05) is 20.3 Å². The molecule has 2 rings (SSSR count). The summed E-state index contributed by atoms with van der Waals surface area (Å²) in [6, 6.07) is 14.1. The van der Waals surface area contributed by atoms with Crippen molar-refractivity contribution in [3.05, 3.63) is 48.5 Å². The fraction of sp³-hybridized carbons (Fsp3) is 0.200. The number of hydrogen-bond donors (Lipinski definition) is 1. The summed E-state index contributed by atoms with van der Waals surface area (Å²) in [6.07, 6.45) is 0.